The van der Waals surface area contributed by atoms with Gasteiger partial charge in [-0.1, -0.05) is 0 Å². The molecule has 37 heavy (non-hydrogen) atoms. The summed E-state index contributed by atoms with van der Waals surface area (Å²) >= 11 is 0. The normalized spacial score (nSPS) is 28.3. The minimum Gasteiger partial charge on any atom is -0.390 e. The van der Waals surface area contributed by atoms with E-state index in [9.17, 15) is 29.2 Å². The van der Waals surface area contributed by atoms with Crippen molar-refractivity contribution in [2.24, 2.45) is 0 Å². The summed E-state index contributed by atoms with van der Waals surface area (Å²) in [5, 5.41) is 52.1. The van der Waals surface area contributed by atoms with Gasteiger partial charge in [-0.3, -0.25) is 5.10 Å². The average Bonchev–Trinajstić information content (AvgIpc) is 3.62. The van der Waals surface area contributed by atoms with Crippen LogP contribution in [0, 0.1) is 11.6 Å². The number of hydrogen-bond acceptors (Lipinski definition) is 9. The van der Waals surface area contributed by atoms with Gasteiger partial charge >= 0.3 is 0 Å². The van der Waals surface area contributed by atoms with Crippen molar-refractivity contribution in [1.29, 1.82) is 0 Å². The number of nitrogens with one attached hydrogen (secondary N) is 1. The number of benzene rings is 1. The third-order valence-corrected chi connectivity index (χ3v) is 7.27. The average molecular weight is 514 g/mol. The zero-order chi connectivity index (χ0) is 25.9. The lowest BCUT2D eigenvalue weighted by molar-refractivity contribution is -0.160. The summed E-state index contributed by atoms with van der Waals surface area (Å²) in [7, 11) is 0. The van der Waals surface area contributed by atoms with Crippen LogP contribution in [-0.2, 0) is 5.60 Å². The molecule has 2 fully saturated rings. The summed E-state index contributed by atoms with van der Waals surface area (Å²) in [5.74, 6) is -0.195. The highest BCUT2D eigenvalue weighted by Gasteiger charge is 2.46. The van der Waals surface area contributed by atoms with Gasteiger partial charge in [-0.15, -0.1) is 0 Å². The van der Waals surface area contributed by atoms with Gasteiger partial charge in [-0.05, 0) is 37.1 Å². The Balaban J connectivity index is 1.33. The Morgan fingerprint density at radius 3 is 2.62 bits per heavy atom. The van der Waals surface area contributed by atoms with Crippen molar-refractivity contribution in [3.63, 3.8) is 0 Å². The maximum atomic E-state index is 14.5. The quantitative estimate of drug-likeness (QED) is 0.271. The zero-order valence-corrected chi connectivity index (χ0v) is 19.5. The number of fused-ring (bicyclic) bond motifs is 1. The molecular formula is C24H25F2N7O4. The molecule has 0 spiro atoms. The van der Waals surface area contributed by atoms with Gasteiger partial charge in [0.2, 0.25) is 0 Å². The van der Waals surface area contributed by atoms with Gasteiger partial charge < -0.3 is 25.3 Å². The highest BCUT2D eigenvalue weighted by molar-refractivity contribution is 5.73. The molecular weight excluding hydrogens is 488 g/mol. The molecule has 1 aromatic carbocycles. The molecule has 1 saturated heterocycles. The molecule has 194 valence electrons. The maximum absolute atomic E-state index is 14.5. The lowest BCUT2D eigenvalue weighted by atomic mass is 9.79. The Hall–Kier alpha value is -3.52. The summed E-state index contributed by atoms with van der Waals surface area (Å²) in [6.45, 7) is 0.613. The number of anilines is 1. The summed E-state index contributed by atoms with van der Waals surface area (Å²) in [4.78, 5) is 11.0. The topological polar surface area (TPSA) is 156 Å². The Morgan fingerprint density at radius 1 is 1.05 bits per heavy atom. The SMILES string of the molecule is OC1[C@H](O)CC(O)(c2nc(-c3cnn4ccc(N5CCC[C@@H]5c5cc(F)ccc5F)nc34)n[nH]2)C[C@H]1O. The van der Waals surface area contributed by atoms with E-state index in [-0.39, 0.29) is 36.1 Å². The van der Waals surface area contributed by atoms with Crippen LogP contribution in [0.1, 0.15) is 43.1 Å². The van der Waals surface area contributed by atoms with Crippen LogP contribution in [0.4, 0.5) is 14.6 Å². The smallest absolute Gasteiger partial charge is 0.186 e. The van der Waals surface area contributed by atoms with E-state index in [1.54, 1.807) is 12.3 Å². The van der Waals surface area contributed by atoms with E-state index in [0.29, 0.717) is 30.0 Å². The predicted octanol–water partition coefficient (Wildman–Crippen LogP) is 1.20. The molecule has 1 aliphatic heterocycles. The highest BCUT2D eigenvalue weighted by Crippen LogP contribution is 2.38. The van der Waals surface area contributed by atoms with Crippen molar-refractivity contribution in [3.05, 3.63) is 59.7 Å². The summed E-state index contributed by atoms with van der Waals surface area (Å²) in [6.07, 6.45) is 0.164. The number of H-pyrrole nitrogens is 1. The van der Waals surface area contributed by atoms with Gasteiger partial charge in [0.05, 0.1) is 30.0 Å². The van der Waals surface area contributed by atoms with Gasteiger partial charge in [0.15, 0.2) is 17.3 Å². The van der Waals surface area contributed by atoms with E-state index >= 15 is 0 Å². The summed E-state index contributed by atoms with van der Waals surface area (Å²) in [6, 6.07) is 4.83. The van der Waals surface area contributed by atoms with Crippen LogP contribution in [0.25, 0.3) is 17.0 Å². The Morgan fingerprint density at radius 2 is 1.84 bits per heavy atom. The van der Waals surface area contributed by atoms with E-state index in [2.05, 4.69) is 20.3 Å². The fourth-order valence-corrected chi connectivity index (χ4v) is 5.37. The highest BCUT2D eigenvalue weighted by atomic mass is 19.1. The Labute approximate surface area is 209 Å². The van der Waals surface area contributed by atoms with Gasteiger partial charge in [-0.25, -0.2) is 23.3 Å². The van der Waals surface area contributed by atoms with Crippen molar-refractivity contribution in [3.8, 4) is 11.4 Å². The molecule has 3 atom stereocenters. The standard InChI is InChI=1S/C24H25F2N7O4/c25-12-3-4-15(26)13(8-12)16-2-1-6-32(16)19-5-7-33-22(28-19)14(11-27-33)21-29-23(31-30-21)24(37)9-17(34)20(36)18(35)10-24/h3-5,7-8,11,16-18,20,34-37H,1-2,6,9-10H2,(H,29,30,31)/t16-,17-,18-,20?,24?/m1/s1. The molecule has 13 heteroatoms. The zero-order valence-electron chi connectivity index (χ0n) is 19.5. The van der Waals surface area contributed by atoms with Crippen LogP contribution in [0.15, 0.2) is 36.7 Å². The van der Waals surface area contributed by atoms with Crippen LogP contribution in [0.2, 0.25) is 0 Å². The van der Waals surface area contributed by atoms with Crippen molar-refractivity contribution >= 4 is 11.5 Å². The second kappa shape index (κ2) is 8.80. The second-order valence-corrected chi connectivity index (χ2v) is 9.70. The molecule has 1 saturated carbocycles. The number of halogens is 2. The number of aromatic amines is 1. The number of rotatable bonds is 4. The molecule has 11 nitrogen and oxygen atoms in total. The van der Waals surface area contributed by atoms with Gasteiger partial charge in [0.25, 0.3) is 0 Å². The first-order valence-electron chi connectivity index (χ1n) is 12.0. The molecule has 6 rings (SSSR count). The monoisotopic (exact) mass is 513 g/mol. The van der Waals surface area contributed by atoms with Crippen LogP contribution in [0.5, 0.6) is 0 Å². The first-order valence-corrected chi connectivity index (χ1v) is 12.0. The largest absolute Gasteiger partial charge is 0.390 e. The molecule has 2 aliphatic rings. The minimum absolute atomic E-state index is 0.0317. The summed E-state index contributed by atoms with van der Waals surface area (Å²) < 4.78 is 29.9. The van der Waals surface area contributed by atoms with Gasteiger partial charge in [-0.2, -0.15) is 10.2 Å². The molecule has 4 heterocycles. The number of aromatic nitrogens is 6. The van der Waals surface area contributed by atoms with Gasteiger partial charge in [0, 0.05) is 31.1 Å². The van der Waals surface area contributed by atoms with Crippen LogP contribution in [-0.4, -0.2) is 75.1 Å². The van der Waals surface area contributed by atoms with E-state index in [0.717, 1.165) is 18.6 Å². The van der Waals surface area contributed by atoms with Crippen molar-refractivity contribution in [1.82, 2.24) is 29.8 Å². The fraction of sp³-hybridized carbons (Fsp3) is 0.417. The van der Waals surface area contributed by atoms with Crippen molar-refractivity contribution in [2.45, 2.75) is 55.6 Å². The number of hydrogen-bond donors (Lipinski definition) is 5. The van der Waals surface area contributed by atoms with E-state index in [4.69, 9.17) is 4.98 Å². The van der Waals surface area contributed by atoms with E-state index in [1.807, 2.05) is 4.90 Å². The molecule has 0 radical (unpaired) electrons. The Bertz CT molecular complexity index is 1450. The van der Waals surface area contributed by atoms with Crippen LogP contribution in [0.3, 0.4) is 0 Å². The van der Waals surface area contributed by atoms with Crippen molar-refractivity contribution in [2.75, 3.05) is 11.4 Å². The van der Waals surface area contributed by atoms with E-state index < -0.39 is 35.5 Å². The lowest BCUT2D eigenvalue weighted by Crippen LogP contribution is -2.51. The van der Waals surface area contributed by atoms with Crippen LogP contribution >= 0.6 is 0 Å². The predicted molar refractivity (Wildman–Crippen MR) is 125 cm³/mol. The molecule has 0 bridgehead atoms. The molecule has 1 aliphatic carbocycles. The van der Waals surface area contributed by atoms with Crippen LogP contribution < -0.4 is 4.90 Å². The number of aliphatic hydroxyl groups excluding tert-OH is 3. The molecule has 3 aromatic heterocycles. The van der Waals surface area contributed by atoms with Gasteiger partial charge in [0.1, 0.15) is 29.2 Å². The maximum Gasteiger partial charge on any atom is 0.186 e. The first-order chi connectivity index (χ1) is 17.7. The third kappa shape index (κ3) is 4.03. The molecule has 4 aromatic rings. The Kier molecular flexibility index (Phi) is 5.67. The second-order valence-electron chi connectivity index (χ2n) is 9.70. The van der Waals surface area contributed by atoms with Crippen molar-refractivity contribution < 1.29 is 29.2 Å². The number of nitrogens with zero attached hydrogens (tertiary/aromatic N) is 6. The molecule has 5 N–H and O–H groups in total. The third-order valence-electron chi connectivity index (χ3n) is 7.27. The minimum atomic E-state index is -1.72. The first kappa shape index (κ1) is 23.9. The fourth-order valence-electron chi connectivity index (χ4n) is 5.37. The lowest BCUT2D eigenvalue weighted by Gasteiger charge is -2.38. The molecule has 0 amide bonds. The number of aliphatic hydroxyl groups is 4. The summed E-state index contributed by atoms with van der Waals surface area (Å²) in [5.41, 5.74) is -0.568. The molecule has 0 unspecified atom stereocenters. The van der Waals surface area contributed by atoms with E-state index in [1.165, 1.54) is 16.8 Å².